The number of hydrogen-bond donors (Lipinski definition) is 3. The molecule has 6 nitrogen and oxygen atoms in total. The van der Waals surface area contributed by atoms with Crippen molar-refractivity contribution >= 4 is 30.3 Å². The monoisotopic (exact) mass is 533 g/mol. The first-order valence-corrected chi connectivity index (χ1v) is 13.5. The van der Waals surface area contributed by atoms with Crippen LogP contribution in [-0.2, 0) is 23.2 Å². The number of hydrogen-bond acceptors (Lipinski definition) is 6. The Kier molecular flexibility index (Phi) is 11.9. The van der Waals surface area contributed by atoms with Crippen molar-refractivity contribution < 1.29 is 14.6 Å². The molecule has 1 aliphatic carbocycles. The topological polar surface area (TPSA) is 76.4 Å². The molecule has 1 saturated carbocycles. The fourth-order valence-electron chi connectivity index (χ4n) is 4.91. The SMILES string of the molecule is CNS.Cc1nc2cc(-c3ccc(C4CCCC(CO)C4)cc3)ccc2n1C.O=COCc1ccccc1. The normalized spacial score (nSPS) is 16.6. The van der Waals surface area contributed by atoms with Gasteiger partial charge in [-0.2, -0.15) is 0 Å². The van der Waals surface area contributed by atoms with Crippen LogP contribution in [0.2, 0.25) is 0 Å². The second kappa shape index (κ2) is 15.3. The summed E-state index contributed by atoms with van der Waals surface area (Å²) in [4.78, 5) is 14.4. The summed E-state index contributed by atoms with van der Waals surface area (Å²) in [5.74, 6) is 2.12. The summed E-state index contributed by atoms with van der Waals surface area (Å²) in [5, 5.41) is 9.45. The van der Waals surface area contributed by atoms with Gasteiger partial charge in [-0.15, -0.1) is 0 Å². The van der Waals surface area contributed by atoms with Crippen LogP contribution in [0.5, 0.6) is 0 Å². The molecule has 0 aliphatic heterocycles. The van der Waals surface area contributed by atoms with E-state index in [9.17, 15) is 9.90 Å². The quantitative estimate of drug-likeness (QED) is 0.202. The molecular formula is C31H39N3O3S. The van der Waals surface area contributed by atoms with Crippen molar-refractivity contribution in [3.63, 3.8) is 0 Å². The van der Waals surface area contributed by atoms with Gasteiger partial charge >= 0.3 is 0 Å². The Bertz CT molecular complexity index is 1260. The number of thiol groups is 1. The molecule has 1 heterocycles. The summed E-state index contributed by atoms with van der Waals surface area (Å²) in [6.45, 7) is 3.19. The Morgan fingerprint density at radius 3 is 2.42 bits per heavy atom. The zero-order valence-corrected chi connectivity index (χ0v) is 23.4. The number of nitrogens with zero attached hydrogens (tertiary/aromatic N) is 2. The Labute approximate surface area is 231 Å². The summed E-state index contributed by atoms with van der Waals surface area (Å²) >= 11 is 3.54. The summed E-state index contributed by atoms with van der Waals surface area (Å²) < 4.78 is 9.11. The van der Waals surface area contributed by atoms with Crippen LogP contribution in [0.15, 0.2) is 72.8 Å². The second-order valence-electron chi connectivity index (χ2n) is 9.57. The van der Waals surface area contributed by atoms with Crippen LogP contribution in [0, 0.1) is 12.8 Å². The van der Waals surface area contributed by atoms with Gasteiger partial charge in [0.1, 0.15) is 12.4 Å². The van der Waals surface area contributed by atoms with E-state index < -0.39 is 0 Å². The molecular weight excluding hydrogens is 494 g/mol. The molecule has 1 aliphatic rings. The zero-order valence-electron chi connectivity index (χ0n) is 22.5. The lowest BCUT2D eigenvalue weighted by molar-refractivity contribution is -0.129. The number of carbonyl (C=O) groups excluding carboxylic acids is 1. The molecule has 0 amide bonds. The number of benzene rings is 3. The van der Waals surface area contributed by atoms with Gasteiger partial charge < -0.3 is 14.4 Å². The Balaban J connectivity index is 0.000000257. The molecule has 1 aromatic heterocycles. The third-order valence-corrected chi connectivity index (χ3v) is 7.02. The van der Waals surface area contributed by atoms with Crippen LogP contribution < -0.4 is 4.72 Å². The van der Waals surface area contributed by atoms with Gasteiger partial charge in [-0.1, -0.05) is 79.9 Å². The Morgan fingerprint density at radius 2 is 1.76 bits per heavy atom. The highest BCUT2D eigenvalue weighted by Gasteiger charge is 2.22. The van der Waals surface area contributed by atoms with Gasteiger partial charge in [0, 0.05) is 13.7 Å². The third-order valence-electron chi connectivity index (χ3n) is 7.02. The van der Waals surface area contributed by atoms with Crippen LogP contribution in [0.1, 0.15) is 48.6 Å². The molecule has 3 aromatic carbocycles. The molecule has 5 rings (SSSR count). The molecule has 1 fully saturated rings. The van der Waals surface area contributed by atoms with Crippen molar-refractivity contribution in [1.82, 2.24) is 14.3 Å². The van der Waals surface area contributed by atoms with E-state index in [1.165, 1.54) is 41.5 Å². The standard InChI is InChI=1S/C22H26N2O.C8H8O2.CH5NS/c1-15-23-21-13-20(10-11-22(21)24(15)2)18-8-6-17(7-9-18)19-5-3-4-16(12-19)14-25;9-7-10-6-8-4-2-1-3-5-8;1-2-3/h6-11,13,16,19,25H,3-5,12,14H2,1-2H3;1-5,7H,6H2;2-3H,1H3. The molecule has 2 unspecified atom stereocenters. The maximum Gasteiger partial charge on any atom is 0.293 e. The van der Waals surface area contributed by atoms with Crippen LogP contribution >= 0.6 is 12.8 Å². The van der Waals surface area contributed by atoms with Crippen molar-refractivity contribution in [3.05, 3.63) is 89.7 Å². The van der Waals surface area contributed by atoms with E-state index in [0.717, 1.165) is 23.3 Å². The maximum absolute atomic E-state index is 9.76. The lowest BCUT2D eigenvalue weighted by atomic mass is 9.78. The first-order chi connectivity index (χ1) is 18.5. The molecule has 0 bridgehead atoms. The minimum Gasteiger partial charge on any atom is -0.463 e. The number of aromatic nitrogens is 2. The van der Waals surface area contributed by atoms with E-state index >= 15 is 0 Å². The highest BCUT2D eigenvalue weighted by atomic mass is 32.1. The largest absolute Gasteiger partial charge is 0.463 e. The maximum atomic E-state index is 9.76. The predicted molar refractivity (Wildman–Crippen MR) is 158 cm³/mol. The summed E-state index contributed by atoms with van der Waals surface area (Å²) in [6.07, 6.45) is 4.77. The number of aliphatic hydroxyl groups excluding tert-OH is 1. The molecule has 38 heavy (non-hydrogen) atoms. The number of aryl methyl sites for hydroxylation is 2. The summed E-state index contributed by atoms with van der Waals surface area (Å²) in [5.41, 5.74) is 7.11. The summed E-state index contributed by atoms with van der Waals surface area (Å²) in [6, 6.07) is 25.1. The molecule has 0 radical (unpaired) electrons. The lowest BCUT2D eigenvalue weighted by Crippen LogP contribution is -2.17. The smallest absolute Gasteiger partial charge is 0.293 e. The van der Waals surface area contributed by atoms with E-state index in [0.29, 0.717) is 31.5 Å². The van der Waals surface area contributed by atoms with E-state index in [1.54, 1.807) is 7.05 Å². The van der Waals surface area contributed by atoms with Crippen molar-refractivity contribution in [2.45, 2.75) is 45.1 Å². The number of nitrogens with one attached hydrogen (secondary N) is 1. The van der Waals surface area contributed by atoms with Gasteiger partial charge in [0.2, 0.25) is 0 Å². The van der Waals surface area contributed by atoms with Crippen LogP contribution in [-0.4, -0.2) is 34.8 Å². The van der Waals surface area contributed by atoms with Gasteiger partial charge in [0.15, 0.2) is 0 Å². The van der Waals surface area contributed by atoms with Crippen LogP contribution in [0.4, 0.5) is 0 Å². The minimum absolute atomic E-state index is 0.331. The zero-order chi connectivity index (χ0) is 27.3. The molecule has 7 heteroatoms. The van der Waals surface area contributed by atoms with Gasteiger partial charge in [-0.3, -0.25) is 9.52 Å². The van der Waals surface area contributed by atoms with Gasteiger partial charge in [-0.25, -0.2) is 4.98 Å². The van der Waals surface area contributed by atoms with E-state index in [4.69, 9.17) is 0 Å². The first kappa shape index (κ1) is 29.4. The highest BCUT2D eigenvalue weighted by molar-refractivity contribution is 7.78. The molecule has 4 aromatic rings. The third kappa shape index (κ3) is 8.18. The average molecular weight is 534 g/mol. The lowest BCUT2D eigenvalue weighted by Gasteiger charge is -2.28. The van der Waals surface area contributed by atoms with Gasteiger partial charge in [0.05, 0.1) is 11.0 Å². The predicted octanol–water partition coefficient (Wildman–Crippen LogP) is 6.23. The minimum atomic E-state index is 0.331. The number of ether oxygens (including phenoxy) is 1. The first-order valence-electron chi connectivity index (χ1n) is 13.0. The molecule has 2 N–H and O–H groups in total. The molecule has 202 valence electrons. The van der Waals surface area contributed by atoms with Gasteiger partial charge in [-0.05, 0) is 79.5 Å². The van der Waals surface area contributed by atoms with Crippen molar-refractivity contribution in [3.8, 4) is 11.1 Å². The number of carbonyl (C=O) groups is 1. The van der Waals surface area contributed by atoms with Crippen LogP contribution in [0.25, 0.3) is 22.2 Å². The van der Waals surface area contributed by atoms with Crippen molar-refractivity contribution in [2.75, 3.05) is 13.7 Å². The Morgan fingerprint density at radius 1 is 1.08 bits per heavy atom. The summed E-state index contributed by atoms with van der Waals surface area (Å²) in [7, 11) is 3.80. The van der Waals surface area contributed by atoms with Gasteiger partial charge in [0.25, 0.3) is 6.47 Å². The van der Waals surface area contributed by atoms with E-state index in [1.807, 2.05) is 37.3 Å². The van der Waals surface area contributed by atoms with Crippen LogP contribution in [0.3, 0.4) is 0 Å². The number of imidazole rings is 1. The number of rotatable bonds is 6. The fourth-order valence-corrected chi connectivity index (χ4v) is 4.91. The second-order valence-corrected chi connectivity index (χ2v) is 10.0. The van der Waals surface area contributed by atoms with Crippen molar-refractivity contribution in [2.24, 2.45) is 13.0 Å². The van der Waals surface area contributed by atoms with E-state index in [2.05, 4.69) is 81.3 Å². The molecule has 2 atom stereocenters. The number of fused-ring (bicyclic) bond motifs is 1. The number of aliphatic hydroxyl groups is 1. The highest BCUT2D eigenvalue weighted by Crippen LogP contribution is 2.36. The molecule has 0 saturated heterocycles. The van der Waals surface area contributed by atoms with E-state index in [-0.39, 0.29) is 0 Å². The van der Waals surface area contributed by atoms with Crippen molar-refractivity contribution in [1.29, 1.82) is 0 Å². The average Bonchev–Trinajstić information content (AvgIpc) is 3.25. The Hall–Kier alpha value is -3.13. The molecule has 0 spiro atoms. The fraction of sp³-hybridized carbons (Fsp3) is 0.355.